The Morgan fingerprint density at radius 1 is 1.04 bits per heavy atom. The first-order chi connectivity index (χ1) is 23.8. The third-order valence-corrected chi connectivity index (χ3v) is 11.7. The standard InChI is InChI=1S/C38H37F2N7O2/c1-3-26-29(39)7-4-20-11-25(48)12-27(30(20)26)31-33(40)35-32(28-17-45(2)44-34(28)31)36(47-15-23-5-6-24(16-47)41-23)43-37(42-35)49-19-38(8-9-38)18-46-13-21-10-22(21)14-46/h1,4,7,11-12,17,21-24,41,48H,5-6,8-10,13-16,18-19H2,2H3/t21?,22?,23-,24+. The number of terminal acetylenes is 1. The maximum Gasteiger partial charge on any atom is 0.319 e. The van der Waals surface area contributed by atoms with E-state index in [4.69, 9.17) is 26.2 Å². The number of anilines is 1. The van der Waals surface area contributed by atoms with Gasteiger partial charge in [-0.15, -0.1) is 6.42 Å². The number of aryl methyl sites for hydroxylation is 1. The van der Waals surface area contributed by atoms with Crippen LogP contribution in [0.3, 0.4) is 0 Å². The van der Waals surface area contributed by atoms with E-state index in [1.807, 2.05) is 6.20 Å². The molecule has 5 aromatic rings. The predicted octanol–water partition coefficient (Wildman–Crippen LogP) is 5.35. The van der Waals surface area contributed by atoms with E-state index in [1.54, 1.807) is 11.7 Å². The van der Waals surface area contributed by atoms with Gasteiger partial charge in [0, 0.05) is 79.8 Å². The summed E-state index contributed by atoms with van der Waals surface area (Å²) in [7, 11) is 1.78. The molecule has 10 rings (SSSR count). The van der Waals surface area contributed by atoms with Crippen molar-refractivity contribution in [2.24, 2.45) is 24.3 Å². The molecule has 9 nitrogen and oxygen atoms in total. The Labute approximate surface area is 282 Å². The Kier molecular flexibility index (Phi) is 6.29. The van der Waals surface area contributed by atoms with Crippen LogP contribution in [0.25, 0.3) is 43.7 Å². The summed E-state index contributed by atoms with van der Waals surface area (Å²) in [6.07, 6.45) is 13.4. The summed E-state index contributed by atoms with van der Waals surface area (Å²) >= 11 is 0. The number of phenols is 1. The molecule has 2 saturated carbocycles. The molecule has 250 valence electrons. The minimum Gasteiger partial charge on any atom is -0.508 e. The number of rotatable bonds is 7. The highest BCUT2D eigenvalue weighted by Gasteiger charge is 2.51. The van der Waals surface area contributed by atoms with E-state index in [0.717, 1.165) is 57.2 Å². The Morgan fingerprint density at radius 2 is 1.82 bits per heavy atom. The number of ether oxygens (including phenoxy) is 1. The summed E-state index contributed by atoms with van der Waals surface area (Å²) in [6.45, 7) is 5.31. The molecule has 2 N–H and O–H groups in total. The summed E-state index contributed by atoms with van der Waals surface area (Å²) < 4.78 is 40.7. The first-order valence-electron chi connectivity index (χ1n) is 17.4. The molecule has 2 bridgehead atoms. The number of fused-ring (bicyclic) bond motifs is 7. The number of piperidine rings is 1. The summed E-state index contributed by atoms with van der Waals surface area (Å²) in [5, 5.41) is 21.3. The molecule has 49 heavy (non-hydrogen) atoms. The van der Waals surface area contributed by atoms with E-state index in [0.29, 0.717) is 51.6 Å². The van der Waals surface area contributed by atoms with E-state index in [-0.39, 0.29) is 39.4 Å². The van der Waals surface area contributed by atoms with Gasteiger partial charge in [0.15, 0.2) is 5.82 Å². The lowest BCUT2D eigenvalue weighted by Gasteiger charge is -2.34. The first-order valence-corrected chi connectivity index (χ1v) is 17.4. The van der Waals surface area contributed by atoms with Crippen LogP contribution in [0.15, 0.2) is 30.5 Å². The second kappa shape index (κ2) is 10.5. The Hall–Kier alpha value is -4.53. The van der Waals surface area contributed by atoms with Crippen molar-refractivity contribution >= 4 is 38.4 Å². The zero-order valence-electron chi connectivity index (χ0n) is 27.3. The minimum atomic E-state index is -0.649. The maximum atomic E-state index is 17.5. The van der Waals surface area contributed by atoms with Crippen molar-refractivity contribution in [1.29, 1.82) is 0 Å². The van der Waals surface area contributed by atoms with E-state index >= 15 is 8.78 Å². The third-order valence-electron chi connectivity index (χ3n) is 11.7. The quantitative estimate of drug-likeness (QED) is 0.226. The van der Waals surface area contributed by atoms with Gasteiger partial charge in [0.2, 0.25) is 0 Å². The zero-order chi connectivity index (χ0) is 33.2. The second-order valence-electron chi connectivity index (χ2n) is 15.2. The Morgan fingerprint density at radius 3 is 2.55 bits per heavy atom. The molecule has 5 heterocycles. The van der Waals surface area contributed by atoms with Crippen molar-refractivity contribution in [2.45, 2.75) is 44.2 Å². The van der Waals surface area contributed by atoms with Crippen molar-refractivity contribution in [3.05, 3.63) is 47.7 Å². The topological polar surface area (TPSA) is 91.6 Å². The average molecular weight is 662 g/mol. The molecule has 3 saturated heterocycles. The van der Waals surface area contributed by atoms with Gasteiger partial charge < -0.3 is 25.0 Å². The SMILES string of the molecule is C#Cc1c(F)ccc2cc(O)cc(-c3c(F)c4nc(OCC5(CN6CC7CC7C6)CC5)nc(N5C[C@H]6CC[C@@H](C5)N6)c4c4cn(C)nc34)c12. The van der Waals surface area contributed by atoms with Gasteiger partial charge in [0.25, 0.3) is 0 Å². The van der Waals surface area contributed by atoms with Crippen LogP contribution in [0.1, 0.15) is 37.7 Å². The van der Waals surface area contributed by atoms with Crippen LogP contribution in [-0.2, 0) is 7.05 Å². The number of halogens is 2. The molecule has 0 spiro atoms. The number of aromatic hydroxyl groups is 1. The summed E-state index contributed by atoms with van der Waals surface area (Å²) in [5.41, 5.74) is 0.841. The largest absolute Gasteiger partial charge is 0.508 e. The highest BCUT2D eigenvalue weighted by molar-refractivity contribution is 6.18. The molecule has 0 amide bonds. The van der Waals surface area contributed by atoms with E-state index < -0.39 is 11.6 Å². The van der Waals surface area contributed by atoms with Crippen LogP contribution in [0.2, 0.25) is 0 Å². The normalized spacial score (nSPS) is 25.3. The van der Waals surface area contributed by atoms with Crippen molar-refractivity contribution in [2.75, 3.05) is 44.2 Å². The molecule has 2 aromatic heterocycles. The van der Waals surface area contributed by atoms with Gasteiger partial charge in [0.05, 0.1) is 17.6 Å². The molecule has 5 aliphatic rings. The van der Waals surface area contributed by atoms with Crippen LogP contribution in [0.5, 0.6) is 11.8 Å². The number of hydrogen-bond acceptors (Lipinski definition) is 8. The fraction of sp³-hybridized carbons (Fsp3) is 0.447. The molecule has 3 aliphatic heterocycles. The number of nitrogens with one attached hydrogen (secondary N) is 1. The van der Waals surface area contributed by atoms with Gasteiger partial charge >= 0.3 is 6.01 Å². The molecular weight excluding hydrogens is 624 g/mol. The Balaban J connectivity index is 1.16. The number of phenolic OH excluding ortho intramolecular Hbond substituents is 1. The zero-order valence-corrected chi connectivity index (χ0v) is 27.3. The van der Waals surface area contributed by atoms with Gasteiger partial charge in [-0.25, -0.2) is 8.78 Å². The molecule has 2 unspecified atom stereocenters. The van der Waals surface area contributed by atoms with Gasteiger partial charge in [-0.2, -0.15) is 15.1 Å². The Bertz CT molecular complexity index is 2240. The van der Waals surface area contributed by atoms with Crippen LogP contribution < -0.4 is 15.0 Å². The van der Waals surface area contributed by atoms with Crippen molar-refractivity contribution in [3.63, 3.8) is 0 Å². The van der Waals surface area contributed by atoms with E-state index in [1.165, 1.54) is 43.8 Å². The number of hydrogen-bond donors (Lipinski definition) is 2. The van der Waals surface area contributed by atoms with E-state index in [2.05, 4.69) is 21.0 Å². The lowest BCUT2D eigenvalue weighted by atomic mass is 9.91. The monoisotopic (exact) mass is 661 g/mol. The highest BCUT2D eigenvalue weighted by Crippen LogP contribution is 2.51. The molecule has 4 atom stereocenters. The summed E-state index contributed by atoms with van der Waals surface area (Å²) in [4.78, 5) is 14.7. The fourth-order valence-corrected chi connectivity index (χ4v) is 9.03. The molecule has 3 aromatic carbocycles. The maximum absolute atomic E-state index is 17.5. The molecule has 2 aliphatic carbocycles. The lowest BCUT2D eigenvalue weighted by molar-refractivity contribution is 0.163. The van der Waals surface area contributed by atoms with Crippen molar-refractivity contribution in [3.8, 4) is 35.2 Å². The molecule has 0 radical (unpaired) electrons. The summed E-state index contributed by atoms with van der Waals surface area (Å²) in [6, 6.07) is 6.50. The van der Waals surface area contributed by atoms with Crippen LogP contribution in [-0.4, -0.2) is 81.2 Å². The average Bonchev–Trinajstić information content (AvgIpc) is 3.88. The van der Waals surface area contributed by atoms with Crippen LogP contribution in [0.4, 0.5) is 14.6 Å². The number of piperazine rings is 1. The van der Waals surface area contributed by atoms with Gasteiger partial charge in [-0.1, -0.05) is 12.0 Å². The second-order valence-corrected chi connectivity index (χ2v) is 15.2. The third kappa shape index (κ3) is 4.75. The number of likely N-dealkylation sites (tertiary alicyclic amines) is 1. The number of nitrogens with zero attached hydrogens (tertiary/aromatic N) is 6. The smallest absolute Gasteiger partial charge is 0.319 e. The van der Waals surface area contributed by atoms with Gasteiger partial charge in [0.1, 0.15) is 28.4 Å². The van der Waals surface area contributed by atoms with Gasteiger partial charge in [-0.05, 0) is 73.1 Å². The first kappa shape index (κ1) is 29.4. The molecule has 5 fully saturated rings. The van der Waals surface area contributed by atoms with Crippen molar-refractivity contribution < 1.29 is 18.6 Å². The van der Waals surface area contributed by atoms with Crippen LogP contribution >= 0.6 is 0 Å². The van der Waals surface area contributed by atoms with Crippen molar-refractivity contribution in [1.82, 2.24) is 30.0 Å². The lowest BCUT2D eigenvalue weighted by Crippen LogP contribution is -2.51. The fourth-order valence-electron chi connectivity index (χ4n) is 9.03. The summed E-state index contributed by atoms with van der Waals surface area (Å²) in [5.74, 6) is 3.47. The number of benzene rings is 3. The number of aromatic nitrogens is 4. The molecular formula is C38H37F2N7O2. The van der Waals surface area contributed by atoms with E-state index in [9.17, 15) is 5.11 Å². The van der Waals surface area contributed by atoms with Gasteiger partial charge in [-0.3, -0.25) is 4.68 Å². The van der Waals surface area contributed by atoms with Crippen LogP contribution in [0, 0.1) is 41.2 Å². The predicted molar refractivity (Wildman–Crippen MR) is 184 cm³/mol. The molecule has 11 heteroatoms. The highest BCUT2D eigenvalue weighted by atomic mass is 19.1. The minimum absolute atomic E-state index is 0.00944.